The summed E-state index contributed by atoms with van der Waals surface area (Å²) in [5, 5.41) is 0.462. The summed E-state index contributed by atoms with van der Waals surface area (Å²) in [4.78, 5) is 6.34. The molecule has 1 aromatic carbocycles. The van der Waals surface area contributed by atoms with Gasteiger partial charge in [-0.05, 0) is 24.4 Å². The van der Waals surface area contributed by atoms with Crippen molar-refractivity contribution in [2.75, 3.05) is 7.11 Å². The van der Waals surface area contributed by atoms with Crippen LogP contribution >= 0.6 is 23.8 Å². The lowest BCUT2D eigenvalue weighted by molar-refractivity contribution is 0.415. The summed E-state index contributed by atoms with van der Waals surface area (Å²) in [6.07, 6.45) is 1.08. The highest BCUT2D eigenvalue weighted by atomic mass is 35.5. The molecular formula is C11H8ClFN2OS. The fraction of sp³-hybridized carbons (Fsp3) is 0.0909. The van der Waals surface area contributed by atoms with E-state index in [0.717, 1.165) is 6.20 Å². The monoisotopic (exact) mass is 270 g/mol. The van der Waals surface area contributed by atoms with Crippen LogP contribution in [-0.2, 0) is 0 Å². The van der Waals surface area contributed by atoms with Gasteiger partial charge in [0.05, 0.1) is 24.0 Å². The predicted molar refractivity (Wildman–Crippen MR) is 66.4 cm³/mol. The van der Waals surface area contributed by atoms with Gasteiger partial charge in [-0.25, -0.2) is 9.37 Å². The third-order valence-electron chi connectivity index (χ3n) is 2.21. The SMILES string of the molecule is COc1cc(-c2[nH]c(=S)ncc2F)ccc1Cl. The Kier molecular flexibility index (Phi) is 3.40. The number of aromatic amines is 1. The highest BCUT2D eigenvalue weighted by Gasteiger charge is 2.09. The maximum Gasteiger partial charge on any atom is 0.197 e. The number of hydrogen-bond acceptors (Lipinski definition) is 3. The third kappa shape index (κ3) is 2.45. The number of halogens is 2. The highest BCUT2D eigenvalue weighted by Crippen LogP contribution is 2.30. The summed E-state index contributed by atoms with van der Waals surface area (Å²) in [6, 6.07) is 4.94. The molecule has 0 amide bonds. The Hall–Kier alpha value is -1.46. The Labute approximate surface area is 107 Å². The largest absolute Gasteiger partial charge is 0.495 e. The number of nitrogens with zero attached hydrogens (tertiary/aromatic N) is 1. The molecule has 0 bridgehead atoms. The van der Waals surface area contributed by atoms with E-state index >= 15 is 0 Å². The Morgan fingerprint density at radius 1 is 1.47 bits per heavy atom. The summed E-state index contributed by atoms with van der Waals surface area (Å²) < 4.78 is 18.9. The Balaban J connectivity index is 2.60. The minimum absolute atomic E-state index is 0.218. The third-order valence-corrected chi connectivity index (χ3v) is 2.73. The van der Waals surface area contributed by atoms with Crippen LogP contribution in [0.2, 0.25) is 5.02 Å². The lowest BCUT2D eigenvalue weighted by Gasteiger charge is -2.07. The maximum absolute atomic E-state index is 13.6. The number of aromatic nitrogens is 2. The lowest BCUT2D eigenvalue weighted by Crippen LogP contribution is -1.93. The van der Waals surface area contributed by atoms with E-state index in [0.29, 0.717) is 16.3 Å². The molecule has 1 heterocycles. The Morgan fingerprint density at radius 3 is 2.94 bits per heavy atom. The number of methoxy groups -OCH3 is 1. The molecule has 2 rings (SSSR count). The van der Waals surface area contributed by atoms with Gasteiger partial charge in [-0.2, -0.15) is 0 Å². The van der Waals surface area contributed by atoms with Crippen molar-refractivity contribution >= 4 is 23.8 Å². The summed E-state index contributed by atoms with van der Waals surface area (Å²) in [7, 11) is 1.50. The van der Waals surface area contributed by atoms with Crippen molar-refractivity contribution in [3.8, 4) is 17.0 Å². The van der Waals surface area contributed by atoms with E-state index in [9.17, 15) is 4.39 Å². The fourth-order valence-corrected chi connectivity index (χ4v) is 1.75. The first kappa shape index (κ1) is 12.0. The van der Waals surface area contributed by atoms with Crippen LogP contribution < -0.4 is 4.74 Å². The van der Waals surface area contributed by atoms with Gasteiger partial charge in [0.25, 0.3) is 0 Å². The maximum atomic E-state index is 13.6. The second-order valence-corrected chi connectivity index (χ2v) is 4.05. The first-order valence-corrected chi connectivity index (χ1v) is 5.49. The summed E-state index contributed by atoms with van der Waals surface area (Å²) >= 11 is 10.7. The second kappa shape index (κ2) is 4.81. The lowest BCUT2D eigenvalue weighted by atomic mass is 10.1. The number of ether oxygens (including phenoxy) is 1. The number of benzene rings is 1. The number of H-pyrrole nitrogens is 1. The molecule has 0 radical (unpaired) electrons. The first-order chi connectivity index (χ1) is 8.11. The standard InChI is InChI=1S/C11H8ClFN2OS/c1-16-9-4-6(2-3-7(9)12)10-8(13)5-14-11(17)15-10/h2-5H,1H3,(H,14,15,17). The number of hydrogen-bond donors (Lipinski definition) is 1. The van der Waals surface area contributed by atoms with E-state index in [-0.39, 0.29) is 10.5 Å². The van der Waals surface area contributed by atoms with E-state index < -0.39 is 5.82 Å². The van der Waals surface area contributed by atoms with Gasteiger partial charge in [0.2, 0.25) is 0 Å². The van der Waals surface area contributed by atoms with Gasteiger partial charge in [-0.3, -0.25) is 0 Å². The van der Waals surface area contributed by atoms with Crippen LogP contribution in [0.5, 0.6) is 5.75 Å². The van der Waals surface area contributed by atoms with Crippen LogP contribution in [0, 0.1) is 10.6 Å². The molecule has 0 atom stereocenters. The molecule has 3 nitrogen and oxygen atoms in total. The minimum Gasteiger partial charge on any atom is -0.495 e. The summed E-state index contributed by atoms with van der Waals surface area (Å²) in [6.45, 7) is 0. The molecule has 0 fully saturated rings. The molecule has 0 saturated heterocycles. The predicted octanol–water partition coefficient (Wildman–Crippen LogP) is 3.61. The molecule has 88 valence electrons. The van der Waals surface area contributed by atoms with Crippen LogP contribution in [0.1, 0.15) is 0 Å². The first-order valence-electron chi connectivity index (χ1n) is 4.70. The van der Waals surface area contributed by atoms with Gasteiger partial charge in [0, 0.05) is 5.56 Å². The van der Waals surface area contributed by atoms with Crippen molar-refractivity contribution in [3.63, 3.8) is 0 Å². The summed E-state index contributed by atoms with van der Waals surface area (Å²) in [5.41, 5.74) is 0.859. The zero-order chi connectivity index (χ0) is 12.4. The molecule has 0 aliphatic rings. The topological polar surface area (TPSA) is 37.9 Å². The molecule has 1 aromatic heterocycles. The minimum atomic E-state index is -0.483. The van der Waals surface area contributed by atoms with Gasteiger partial charge < -0.3 is 9.72 Å². The molecule has 2 aromatic rings. The van der Waals surface area contributed by atoms with Gasteiger partial charge in [0.15, 0.2) is 10.6 Å². The second-order valence-electron chi connectivity index (χ2n) is 3.26. The van der Waals surface area contributed by atoms with Crippen LogP contribution in [0.25, 0.3) is 11.3 Å². The number of rotatable bonds is 2. The van der Waals surface area contributed by atoms with E-state index in [1.165, 1.54) is 7.11 Å². The van der Waals surface area contributed by atoms with Crippen LogP contribution in [0.3, 0.4) is 0 Å². The molecule has 0 aliphatic heterocycles. The van der Waals surface area contributed by atoms with Crippen molar-refractivity contribution in [1.82, 2.24) is 9.97 Å². The van der Waals surface area contributed by atoms with Crippen molar-refractivity contribution < 1.29 is 9.13 Å². The average molecular weight is 271 g/mol. The van der Waals surface area contributed by atoms with E-state index in [1.54, 1.807) is 18.2 Å². The van der Waals surface area contributed by atoms with Crippen molar-refractivity contribution in [1.29, 1.82) is 0 Å². The molecule has 0 spiro atoms. The van der Waals surface area contributed by atoms with E-state index in [1.807, 2.05) is 0 Å². The van der Waals surface area contributed by atoms with Crippen LogP contribution in [0.15, 0.2) is 24.4 Å². The van der Waals surface area contributed by atoms with Gasteiger partial charge in [0.1, 0.15) is 5.75 Å². The number of nitrogens with one attached hydrogen (secondary N) is 1. The molecular weight excluding hydrogens is 263 g/mol. The quantitative estimate of drug-likeness (QED) is 0.847. The molecule has 0 saturated carbocycles. The summed E-state index contributed by atoms with van der Waals surface area (Å²) in [5.74, 6) is -0.0114. The van der Waals surface area contributed by atoms with E-state index in [2.05, 4.69) is 9.97 Å². The zero-order valence-electron chi connectivity index (χ0n) is 8.83. The zero-order valence-corrected chi connectivity index (χ0v) is 10.4. The van der Waals surface area contributed by atoms with Crippen molar-refractivity contribution in [2.24, 2.45) is 0 Å². The smallest absolute Gasteiger partial charge is 0.197 e. The van der Waals surface area contributed by atoms with Crippen molar-refractivity contribution in [3.05, 3.63) is 40.0 Å². The van der Waals surface area contributed by atoms with Crippen LogP contribution in [0.4, 0.5) is 4.39 Å². The molecule has 6 heteroatoms. The molecule has 0 aliphatic carbocycles. The molecule has 0 unspecified atom stereocenters. The molecule has 1 N–H and O–H groups in total. The van der Waals surface area contributed by atoms with Gasteiger partial charge in [-0.15, -0.1) is 0 Å². The van der Waals surface area contributed by atoms with Gasteiger partial charge >= 0.3 is 0 Å². The van der Waals surface area contributed by atoms with E-state index in [4.69, 9.17) is 28.6 Å². The Bertz CT molecular complexity index is 615. The van der Waals surface area contributed by atoms with Gasteiger partial charge in [-0.1, -0.05) is 17.7 Å². The molecule has 17 heavy (non-hydrogen) atoms. The Morgan fingerprint density at radius 2 is 2.24 bits per heavy atom. The highest BCUT2D eigenvalue weighted by molar-refractivity contribution is 7.71. The van der Waals surface area contributed by atoms with Crippen molar-refractivity contribution in [2.45, 2.75) is 0 Å². The fourth-order valence-electron chi connectivity index (χ4n) is 1.40. The van der Waals surface area contributed by atoms with Crippen LogP contribution in [-0.4, -0.2) is 17.1 Å². The average Bonchev–Trinajstić information content (AvgIpc) is 2.33. The normalized spacial score (nSPS) is 10.3.